The minimum Gasteiger partial charge on any atom is -0.381 e. The first kappa shape index (κ1) is 14.9. The topological polar surface area (TPSA) is 80.0 Å². The molecular weight excluding hydrogens is 280 g/mol. The van der Waals surface area contributed by atoms with E-state index < -0.39 is 5.60 Å². The lowest BCUT2D eigenvalue weighted by Crippen LogP contribution is -2.32. The standard InChI is InChI=1S/C15H22N6O/c1-10(2)21-8-13(18-19-21)15(22)5-6-20(9-15)14-16-11(3)7-12(4)17-14/h7-8,10,22H,5-6,9H2,1-4H3/t15-/m0/s1. The molecule has 22 heavy (non-hydrogen) atoms. The Morgan fingerprint density at radius 2 is 1.91 bits per heavy atom. The zero-order chi connectivity index (χ0) is 15.9. The van der Waals surface area contributed by atoms with Gasteiger partial charge in [-0.15, -0.1) is 5.10 Å². The van der Waals surface area contributed by atoms with Crippen LogP contribution < -0.4 is 4.90 Å². The molecule has 1 fully saturated rings. The minimum absolute atomic E-state index is 0.227. The van der Waals surface area contributed by atoms with E-state index in [1.54, 1.807) is 4.68 Å². The Bertz CT molecular complexity index is 662. The summed E-state index contributed by atoms with van der Waals surface area (Å²) in [6.07, 6.45) is 2.43. The van der Waals surface area contributed by atoms with Gasteiger partial charge >= 0.3 is 0 Å². The van der Waals surface area contributed by atoms with Crippen molar-refractivity contribution in [1.29, 1.82) is 0 Å². The molecule has 1 atom stereocenters. The summed E-state index contributed by atoms with van der Waals surface area (Å²) in [5.41, 5.74) is 1.49. The van der Waals surface area contributed by atoms with Crippen LogP contribution in [0.2, 0.25) is 0 Å². The Morgan fingerprint density at radius 1 is 1.23 bits per heavy atom. The van der Waals surface area contributed by atoms with Crippen LogP contribution in [0.1, 0.15) is 43.4 Å². The highest BCUT2D eigenvalue weighted by atomic mass is 16.3. The molecule has 1 aliphatic heterocycles. The predicted octanol–water partition coefficient (Wildman–Crippen LogP) is 1.36. The lowest BCUT2D eigenvalue weighted by Gasteiger charge is -2.21. The summed E-state index contributed by atoms with van der Waals surface area (Å²) in [6.45, 7) is 9.11. The fourth-order valence-electron chi connectivity index (χ4n) is 2.76. The number of nitrogens with zero attached hydrogens (tertiary/aromatic N) is 6. The van der Waals surface area contributed by atoms with E-state index in [-0.39, 0.29) is 6.04 Å². The summed E-state index contributed by atoms with van der Waals surface area (Å²) in [5, 5.41) is 19.2. The summed E-state index contributed by atoms with van der Waals surface area (Å²) in [7, 11) is 0. The molecule has 3 rings (SSSR count). The second-order valence-corrected chi connectivity index (χ2v) is 6.33. The third-order valence-corrected chi connectivity index (χ3v) is 4.02. The van der Waals surface area contributed by atoms with E-state index in [9.17, 15) is 5.11 Å². The van der Waals surface area contributed by atoms with Crippen molar-refractivity contribution >= 4 is 5.95 Å². The third-order valence-electron chi connectivity index (χ3n) is 4.02. The number of aliphatic hydroxyl groups is 1. The van der Waals surface area contributed by atoms with Gasteiger partial charge in [0.2, 0.25) is 5.95 Å². The number of aromatic nitrogens is 5. The van der Waals surface area contributed by atoms with Crippen LogP contribution in [0, 0.1) is 13.8 Å². The van der Waals surface area contributed by atoms with Gasteiger partial charge in [0.25, 0.3) is 0 Å². The molecule has 0 radical (unpaired) electrons. The van der Waals surface area contributed by atoms with Crippen LogP contribution in [0.5, 0.6) is 0 Å². The summed E-state index contributed by atoms with van der Waals surface area (Å²) in [5.74, 6) is 0.671. The van der Waals surface area contributed by atoms with Gasteiger partial charge in [-0.2, -0.15) is 0 Å². The SMILES string of the molecule is Cc1cc(C)nc(N2CC[C@@](O)(c3cn(C(C)C)nn3)C2)n1. The quantitative estimate of drug-likeness (QED) is 0.922. The maximum atomic E-state index is 10.9. The Morgan fingerprint density at radius 3 is 2.50 bits per heavy atom. The third kappa shape index (κ3) is 2.68. The van der Waals surface area contributed by atoms with Crippen molar-refractivity contribution in [1.82, 2.24) is 25.0 Å². The van der Waals surface area contributed by atoms with Crippen LogP contribution in [0.4, 0.5) is 5.95 Å². The maximum absolute atomic E-state index is 10.9. The van der Waals surface area contributed by atoms with Crippen molar-refractivity contribution in [3.05, 3.63) is 29.3 Å². The number of aryl methyl sites for hydroxylation is 2. The average Bonchev–Trinajstić information content (AvgIpc) is 3.05. The average molecular weight is 302 g/mol. The first-order valence-electron chi connectivity index (χ1n) is 7.59. The normalized spacial score (nSPS) is 21.8. The van der Waals surface area contributed by atoms with E-state index in [0.717, 1.165) is 11.4 Å². The van der Waals surface area contributed by atoms with Crippen molar-refractivity contribution < 1.29 is 5.11 Å². The van der Waals surface area contributed by atoms with Crippen LogP contribution >= 0.6 is 0 Å². The van der Waals surface area contributed by atoms with Gasteiger partial charge in [0, 0.05) is 30.4 Å². The van der Waals surface area contributed by atoms with Crippen molar-refractivity contribution in [3.8, 4) is 0 Å². The van der Waals surface area contributed by atoms with Crippen LogP contribution in [0.15, 0.2) is 12.3 Å². The summed E-state index contributed by atoms with van der Waals surface area (Å²) in [4.78, 5) is 11.0. The zero-order valence-corrected chi connectivity index (χ0v) is 13.5. The van der Waals surface area contributed by atoms with E-state index in [4.69, 9.17) is 0 Å². The van der Waals surface area contributed by atoms with Gasteiger partial charge in [0.15, 0.2) is 0 Å². The number of hydrogen-bond acceptors (Lipinski definition) is 6. The molecule has 0 amide bonds. The van der Waals surface area contributed by atoms with Crippen molar-refractivity contribution in [2.75, 3.05) is 18.0 Å². The molecule has 2 aromatic rings. The minimum atomic E-state index is -0.992. The number of hydrogen-bond donors (Lipinski definition) is 1. The largest absolute Gasteiger partial charge is 0.381 e. The molecule has 0 bridgehead atoms. The highest BCUT2D eigenvalue weighted by molar-refractivity contribution is 5.36. The molecule has 1 N–H and O–H groups in total. The van der Waals surface area contributed by atoms with Crippen LogP contribution in [0.3, 0.4) is 0 Å². The monoisotopic (exact) mass is 302 g/mol. The lowest BCUT2D eigenvalue weighted by molar-refractivity contribution is 0.0558. The summed E-state index contributed by atoms with van der Waals surface area (Å²) < 4.78 is 1.77. The fourth-order valence-corrected chi connectivity index (χ4v) is 2.76. The smallest absolute Gasteiger partial charge is 0.225 e. The Hall–Kier alpha value is -2.02. The van der Waals surface area contributed by atoms with E-state index >= 15 is 0 Å². The highest BCUT2D eigenvalue weighted by Gasteiger charge is 2.41. The van der Waals surface area contributed by atoms with Crippen molar-refractivity contribution in [2.45, 2.75) is 45.8 Å². The van der Waals surface area contributed by atoms with E-state index in [2.05, 4.69) is 20.3 Å². The molecule has 0 aliphatic carbocycles. The second kappa shape index (κ2) is 5.31. The molecule has 7 heteroatoms. The fraction of sp³-hybridized carbons (Fsp3) is 0.600. The van der Waals surface area contributed by atoms with Gasteiger partial charge in [0.05, 0.1) is 12.7 Å². The van der Waals surface area contributed by atoms with Gasteiger partial charge in [0.1, 0.15) is 11.3 Å². The Labute approximate surface area is 130 Å². The molecule has 0 spiro atoms. The Balaban J connectivity index is 1.83. The molecule has 0 saturated carbocycles. The highest BCUT2D eigenvalue weighted by Crippen LogP contribution is 2.32. The molecule has 0 aromatic carbocycles. The molecule has 2 aromatic heterocycles. The van der Waals surface area contributed by atoms with E-state index in [0.29, 0.717) is 31.2 Å². The molecule has 3 heterocycles. The first-order valence-corrected chi connectivity index (χ1v) is 7.59. The molecule has 1 saturated heterocycles. The van der Waals surface area contributed by atoms with Crippen molar-refractivity contribution in [2.24, 2.45) is 0 Å². The molecule has 1 aliphatic rings. The van der Waals surface area contributed by atoms with E-state index in [1.165, 1.54) is 0 Å². The summed E-state index contributed by atoms with van der Waals surface area (Å²) in [6, 6.07) is 2.17. The number of β-amino-alcohol motifs (C(OH)–C–C–N with tert-alkyl or cyclic N) is 1. The van der Waals surface area contributed by atoms with Crippen LogP contribution in [-0.2, 0) is 5.60 Å². The van der Waals surface area contributed by atoms with Gasteiger partial charge in [-0.1, -0.05) is 5.21 Å². The number of anilines is 1. The Kier molecular flexibility index (Phi) is 3.60. The van der Waals surface area contributed by atoms with Gasteiger partial charge < -0.3 is 10.0 Å². The van der Waals surface area contributed by atoms with Crippen LogP contribution in [0.25, 0.3) is 0 Å². The zero-order valence-electron chi connectivity index (χ0n) is 13.5. The lowest BCUT2D eigenvalue weighted by atomic mass is 10.00. The van der Waals surface area contributed by atoms with Crippen molar-refractivity contribution in [3.63, 3.8) is 0 Å². The van der Waals surface area contributed by atoms with Gasteiger partial charge in [-0.05, 0) is 33.8 Å². The molecule has 0 unspecified atom stereocenters. The van der Waals surface area contributed by atoms with E-state index in [1.807, 2.05) is 44.9 Å². The molecular formula is C15H22N6O. The maximum Gasteiger partial charge on any atom is 0.225 e. The first-order chi connectivity index (χ1) is 10.4. The second-order valence-electron chi connectivity index (χ2n) is 6.33. The molecule has 7 nitrogen and oxygen atoms in total. The van der Waals surface area contributed by atoms with Gasteiger partial charge in [-0.25, -0.2) is 14.6 Å². The molecule has 118 valence electrons. The van der Waals surface area contributed by atoms with Gasteiger partial charge in [-0.3, -0.25) is 0 Å². The summed E-state index contributed by atoms with van der Waals surface area (Å²) >= 11 is 0. The number of rotatable bonds is 3. The van der Waals surface area contributed by atoms with Crippen LogP contribution in [-0.4, -0.2) is 43.2 Å². The predicted molar refractivity (Wildman–Crippen MR) is 82.6 cm³/mol.